The van der Waals surface area contributed by atoms with Crippen LogP contribution in [0.1, 0.15) is 42.1 Å². The lowest BCUT2D eigenvalue weighted by Gasteiger charge is -2.24. The molecule has 1 aliphatic heterocycles. The molecule has 116 valence electrons. The van der Waals surface area contributed by atoms with E-state index >= 15 is 0 Å². The number of likely N-dealkylation sites (tertiary alicyclic amines) is 1. The van der Waals surface area contributed by atoms with Gasteiger partial charge in [-0.3, -0.25) is 4.79 Å². The average Bonchev–Trinajstić information content (AvgIpc) is 2.58. The number of carbonyl (C=O) groups is 1. The van der Waals surface area contributed by atoms with Gasteiger partial charge in [0.25, 0.3) is 5.91 Å². The highest BCUT2D eigenvalue weighted by Crippen LogP contribution is 2.33. The topological polar surface area (TPSA) is 40.5 Å². The highest BCUT2D eigenvalue weighted by Gasteiger charge is 2.36. The number of carbonyl (C=O) groups excluding carboxylic acids is 1. The number of rotatable bonds is 1. The van der Waals surface area contributed by atoms with Crippen molar-refractivity contribution in [2.75, 3.05) is 13.1 Å². The van der Waals surface area contributed by atoms with Gasteiger partial charge in [-0.15, -0.1) is 0 Å². The fourth-order valence-corrected chi connectivity index (χ4v) is 2.55. The average molecular weight is 301 g/mol. The van der Waals surface area contributed by atoms with Gasteiger partial charge in [0, 0.05) is 13.1 Å². The van der Waals surface area contributed by atoms with Crippen LogP contribution in [-0.4, -0.2) is 34.6 Å². The first-order valence-corrected chi connectivity index (χ1v) is 6.89. The fraction of sp³-hybridized carbons (Fsp3) is 0.533. The number of aliphatic hydroxyl groups is 1. The molecule has 1 aromatic rings. The van der Waals surface area contributed by atoms with Crippen molar-refractivity contribution in [1.82, 2.24) is 4.90 Å². The van der Waals surface area contributed by atoms with Crippen molar-refractivity contribution in [3.05, 3.63) is 35.4 Å². The summed E-state index contributed by atoms with van der Waals surface area (Å²) in [5.41, 5.74) is -2.10. The minimum absolute atomic E-state index is 0.262. The number of hydrogen-bond donors (Lipinski definition) is 1. The van der Waals surface area contributed by atoms with E-state index < -0.39 is 23.2 Å². The summed E-state index contributed by atoms with van der Waals surface area (Å²) in [7, 11) is 0. The molecule has 1 amide bonds. The molecule has 1 N–H and O–H groups in total. The summed E-state index contributed by atoms with van der Waals surface area (Å²) < 4.78 is 38.9. The zero-order valence-electron chi connectivity index (χ0n) is 11.8. The van der Waals surface area contributed by atoms with E-state index in [1.165, 1.54) is 23.1 Å². The molecule has 21 heavy (non-hydrogen) atoms. The Morgan fingerprint density at radius 3 is 2.57 bits per heavy atom. The molecular formula is C15H18F3NO2. The minimum Gasteiger partial charge on any atom is -0.390 e. The molecule has 1 saturated heterocycles. The van der Waals surface area contributed by atoms with Crippen LogP contribution in [0.4, 0.5) is 13.2 Å². The molecule has 0 aromatic heterocycles. The van der Waals surface area contributed by atoms with Crippen LogP contribution in [0, 0.1) is 0 Å². The molecular weight excluding hydrogens is 283 g/mol. The number of halogens is 3. The molecule has 0 spiro atoms. The Balaban J connectivity index is 2.25. The smallest absolute Gasteiger partial charge is 0.390 e. The minimum atomic E-state index is -4.55. The number of nitrogens with zero attached hydrogens (tertiary/aromatic N) is 1. The number of benzene rings is 1. The molecule has 0 aliphatic carbocycles. The molecule has 1 atom stereocenters. The van der Waals surface area contributed by atoms with Gasteiger partial charge in [-0.1, -0.05) is 12.1 Å². The number of amides is 1. The van der Waals surface area contributed by atoms with Crippen LogP contribution in [0.25, 0.3) is 0 Å². The Hall–Kier alpha value is -1.56. The van der Waals surface area contributed by atoms with Crippen molar-refractivity contribution in [2.45, 2.75) is 38.0 Å². The quantitative estimate of drug-likeness (QED) is 0.866. The van der Waals surface area contributed by atoms with E-state index in [0.717, 1.165) is 6.07 Å². The van der Waals surface area contributed by atoms with Crippen LogP contribution < -0.4 is 0 Å². The van der Waals surface area contributed by atoms with E-state index in [0.29, 0.717) is 25.8 Å². The van der Waals surface area contributed by atoms with E-state index in [-0.39, 0.29) is 12.1 Å². The zero-order valence-corrected chi connectivity index (χ0v) is 11.8. The molecule has 6 heteroatoms. The first kappa shape index (κ1) is 15.8. The van der Waals surface area contributed by atoms with E-state index in [1.807, 2.05) is 0 Å². The molecule has 0 radical (unpaired) electrons. The second-order valence-corrected chi connectivity index (χ2v) is 5.69. The van der Waals surface area contributed by atoms with Crippen LogP contribution >= 0.6 is 0 Å². The molecule has 1 aromatic carbocycles. The number of hydrogen-bond acceptors (Lipinski definition) is 2. The third-order valence-corrected chi connectivity index (χ3v) is 3.81. The first-order valence-electron chi connectivity index (χ1n) is 6.89. The van der Waals surface area contributed by atoms with Crippen molar-refractivity contribution >= 4 is 5.91 Å². The largest absolute Gasteiger partial charge is 0.417 e. The van der Waals surface area contributed by atoms with Gasteiger partial charge in [-0.05, 0) is 38.3 Å². The van der Waals surface area contributed by atoms with Gasteiger partial charge in [0.15, 0.2) is 0 Å². The van der Waals surface area contributed by atoms with Crippen LogP contribution in [0.15, 0.2) is 24.3 Å². The lowest BCUT2D eigenvalue weighted by molar-refractivity contribution is -0.138. The summed E-state index contributed by atoms with van der Waals surface area (Å²) >= 11 is 0. The van der Waals surface area contributed by atoms with Crippen molar-refractivity contribution in [2.24, 2.45) is 0 Å². The Bertz CT molecular complexity index is 526. The fourth-order valence-electron chi connectivity index (χ4n) is 2.55. The first-order chi connectivity index (χ1) is 9.71. The predicted octanol–water partition coefficient (Wildman–Crippen LogP) is 3.08. The SMILES string of the molecule is CC1(O)CCCN(C(=O)c2ccccc2C(F)(F)F)CC1. The summed E-state index contributed by atoms with van der Waals surface area (Å²) in [5, 5.41) is 9.99. The van der Waals surface area contributed by atoms with E-state index in [4.69, 9.17) is 0 Å². The molecule has 0 bridgehead atoms. The monoisotopic (exact) mass is 301 g/mol. The van der Waals surface area contributed by atoms with Gasteiger partial charge in [0.05, 0.1) is 16.7 Å². The Labute approximate surface area is 121 Å². The lowest BCUT2D eigenvalue weighted by Crippen LogP contribution is -2.34. The van der Waals surface area contributed by atoms with Gasteiger partial charge in [-0.2, -0.15) is 13.2 Å². The normalized spacial score (nSPS) is 23.8. The summed E-state index contributed by atoms with van der Waals surface area (Å²) in [6.45, 7) is 2.31. The van der Waals surface area contributed by atoms with Crippen LogP contribution in [0.3, 0.4) is 0 Å². The van der Waals surface area contributed by atoms with Crippen LogP contribution in [0.2, 0.25) is 0 Å². The molecule has 1 unspecified atom stereocenters. The Kier molecular flexibility index (Phi) is 4.27. The van der Waals surface area contributed by atoms with E-state index in [2.05, 4.69) is 0 Å². The molecule has 2 rings (SSSR count). The summed E-state index contributed by atoms with van der Waals surface area (Å²) in [5.74, 6) is -0.624. The Morgan fingerprint density at radius 2 is 1.90 bits per heavy atom. The van der Waals surface area contributed by atoms with E-state index in [1.54, 1.807) is 6.92 Å². The molecule has 3 nitrogen and oxygen atoms in total. The van der Waals surface area contributed by atoms with Gasteiger partial charge < -0.3 is 10.0 Å². The third-order valence-electron chi connectivity index (χ3n) is 3.81. The maximum absolute atomic E-state index is 13.0. The van der Waals surface area contributed by atoms with Crippen molar-refractivity contribution in [3.63, 3.8) is 0 Å². The van der Waals surface area contributed by atoms with E-state index in [9.17, 15) is 23.1 Å². The molecule has 1 aliphatic rings. The maximum Gasteiger partial charge on any atom is 0.417 e. The van der Waals surface area contributed by atoms with Crippen LogP contribution in [-0.2, 0) is 6.18 Å². The second kappa shape index (κ2) is 5.67. The van der Waals surface area contributed by atoms with Gasteiger partial charge in [0.2, 0.25) is 0 Å². The van der Waals surface area contributed by atoms with Crippen LogP contribution in [0.5, 0.6) is 0 Å². The molecule has 0 saturated carbocycles. The predicted molar refractivity (Wildman–Crippen MR) is 71.8 cm³/mol. The zero-order chi connectivity index (χ0) is 15.7. The Morgan fingerprint density at radius 1 is 1.24 bits per heavy atom. The highest BCUT2D eigenvalue weighted by molar-refractivity contribution is 5.96. The second-order valence-electron chi connectivity index (χ2n) is 5.69. The number of alkyl halides is 3. The molecule has 1 heterocycles. The van der Waals surface area contributed by atoms with Gasteiger partial charge >= 0.3 is 6.18 Å². The highest BCUT2D eigenvalue weighted by atomic mass is 19.4. The van der Waals surface area contributed by atoms with Crippen molar-refractivity contribution in [1.29, 1.82) is 0 Å². The lowest BCUT2D eigenvalue weighted by atomic mass is 9.98. The summed E-state index contributed by atoms with van der Waals surface area (Å²) in [6, 6.07) is 4.82. The maximum atomic E-state index is 13.0. The van der Waals surface area contributed by atoms with Gasteiger partial charge in [-0.25, -0.2) is 0 Å². The van der Waals surface area contributed by atoms with Crippen molar-refractivity contribution < 1.29 is 23.1 Å². The third kappa shape index (κ3) is 3.75. The van der Waals surface area contributed by atoms with Crippen molar-refractivity contribution in [3.8, 4) is 0 Å². The van der Waals surface area contributed by atoms with Gasteiger partial charge in [0.1, 0.15) is 0 Å². The standard InChI is InChI=1S/C15H18F3NO2/c1-14(21)7-4-9-19(10-8-14)13(20)11-5-2-3-6-12(11)15(16,17)18/h2-3,5-6,21H,4,7-10H2,1H3. The molecule has 1 fully saturated rings. The summed E-state index contributed by atoms with van der Waals surface area (Å²) in [4.78, 5) is 13.8. The summed E-state index contributed by atoms with van der Waals surface area (Å²) in [6.07, 6.45) is -3.07.